The van der Waals surface area contributed by atoms with Crippen molar-refractivity contribution in [3.63, 3.8) is 0 Å². The lowest BCUT2D eigenvalue weighted by Gasteiger charge is -2.29. The average molecular weight is 441 g/mol. The molecule has 152 valence electrons. The van der Waals surface area contributed by atoms with Crippen LogP contribution in [0.3, 0.4) is 0 Å². The van der Waals surface area contributed by atoms with Crippen molar-refractivity contribution in [2.24, 2.45) is 0 Å². The number of sulfonamides is 1. The average Bonchev–Trinajstić information content (AvgIpc) is 3.39. The second kappa shape index (κ2) is 7.83. The molecule has 2 aliphatic rings. The van der Waals surface area contributed by atoms with Crippen molar-refractivity contribution in [1.82, 2.24) is 14.2 Å². The van der Waals surface area contributed by atoms with E-state index in [-0.39, 0.29) is 10.1 Å². The Morgan fingerprint density at radius 2 is 2.18 bits per heavy atom. The van der Waals surface area contributed by atoms with Crippen LogP contribution in [0.2, 0.25) is 0 Å². The highest BCUT2D eigenvalue weighted by Crippen LogP contribution is 2.32. The van der Waals surface area contributed by atoms with Crippen LogP contribution in [0.5, 0.6) is 0 Å². The van der Waals surface area contributed by atoms with Crippen LogP contribution in [0.4, 0.5) is 5.13 Å². The molecule has 1 fully saturated rings. The summed E-state index contributed by atoms with van der Waals surface area (Å²) in [6.45, 7) is 6.55. The zero-order chi connectivity index (χ0) is 19.9. The molecule has 28 heavy (non-hydrogen) atoms. The van der Waals surface area contributed by atoms with E-state index in [1.54, 1.807) is 17.5 Å². The van der Waals surface area contributed by atoms with Crippen molar-refractivity contribution >= 4 is 43.7 Å². The van der Waals surface area contributed by atoms with E-state index < -0.39 is 16.1 Å². The first kappa shape index (κ1) is 20.0. The second-order valence-electron chi connectivity index (χ2n) is 7.40. The van der Waals surface area contributed by atoms with E-state index in [1.807, 2.05) is 0 Å². The largest absolute Gasteiger partial charge is 0.301 e. The smallest absolute Gasteiger partial charge is 0.253 e. The lowest BCUT2D eigenvalue weighted by atomic mass is 10.1. The van der Waals surface area contributed by atoms with Gasteiger partial charge in [-0.3, -0.25) is 9.69 Å². The Kier molecular flexibility index (Phi) is 5.58. The number of carbonyl (C=O) groups excluding carboxylic acids is 1. The summed E-state index contributed by atoms with van der Waals surface area (Å²) in [5.41, 5.74) is 1.05. The van der Waals surface area contributed by atoms with E-state index in [0.29, 0.717) is 30.6 Å². The predicted molar refractivity (Wildman–Crippen MR) is 111 cm³/mol. The third-order valence-corrected chi connectivity index (χ3v) is 9.56. The number of anilines is 1. The van der Waals surface area contributed by atoms with Crippen LogP contribution in [0.25, 0.3) is 0 Å². The van der Waals surface area contributed by atoms with E-state index in [2.05, 4.69) is 29.0 Å². The first-order chi connectivity index (χ1) is 13.4. The number of carbonyl (C=O) groups is 1. The van der Waals surface area contributed by atoms with Gasteiger partial charge in [0.05, 0.1) is 5.69 Å². The molecule has 10 heteroatoms. The van der Waals surface area contributed by atoms with Crippen LogP contribution >= 0.6 is 22.7 Å². The van der Waals surface area contributed by atoms with E-state index >= 15 is 0 Å². The lowest BCUT2D eigenvalue weighted by molar-refractivity contribution is -0.119. The maximum atomic E-state index is 12.9. The highest BCUT2D eigenvalue weighted by Gasteiger charge is 2.40. The van der Waals surface area contributed by atoms with Crippen molar-refractivity contribution in [2.45, 2.75) is 55.9 Å². The third-order valence-electron chi connectivity index (χ3n) is 5.29. The Balaban J connectivity index is 1.48. The number of thiophene rings is 1. The third kappa shape index (κ3) is 3.76. The highest BCUT2D eigenvalue weighted by atomic mass is 32.2. The van der Waals surface area contributed by atoms with Crippen LogP contribution in [-0.2, 0) is 27.8 Å². The molecule has 0 saturated carbocycles. The van der Waals surface area contributed by atoms with Gasteiger partial charge in [-0.1, -0.05) is 6.07 Å². The summed E-state index contributed by atoms with van der Waals surface area (Å²) in [6, 6.07) is 3.09. The summed E-state index contributed by atoms with van der Waals surface area (Å²) in [5.74, 6) is -0.288. The standard InChI is InChI=1S/C18H24N4O3S3/c1-12(2)21-9-7-13-15(11-21)27-18(19-13)20-17(23)14-5-3-8-22(14)28(24,25)16-6-4-10-26-16/h4,6,10,12,14H,3,5,7-9,11H2,1-2H3,(H,19,20,23). The molecule has 4 rings (SSSR count). The maximum absolute atomic E-state index is 12.9. The van der Waals surface area contributed by atoms with Crippen molar-refractivity contribution in [3.05, 3.63) is 28.1 Å². The number of hydrogen-bond acceptors (Lipinski definition) is 7. The Labute approximate surface area is 173 Å². The van der Waals surface area contributed by atoms with Gasteiger partial charge in [0.2, 0.25) is 5.91 Å². The van der Waals surface area contributed by atoms with Gasteiger partial charge in [0.1, 0.15) is 10.3 Å². The molecular weight excluding hydrogens is 416 g/mol. The first-order valence-corrected chi connectivity index (χ1v) is 12.6. The monoisotopic (exact) mass is 440 g/mol. The molecule has 0 aliphatic carbocycles. The molecule has 0 radical (unpaired) electrons. The van der Waals surface area contributed by atoms with Gasteiger partial charge in [0.25, 0.3) is 10.0 Å². The number of thiazole rings is 1. The van der Waals surface area contributed by atoms with Gasteiger partial charge in [-0.15, -0.1) is 22.7 Å². The van der Waals surface area contributed by atoms with Crippen molar-refractivity contribution in [1.29, 1.82) is 0 Å². The molecule has 0 aromatic carbocycles. The van der Waals surface area contributed by atoms with Crippen molar-refractivity contribution in [3.8, 4) is 0 Å². The van der Waals surface area contributed by atoms with Crippen molar-refractivity contribution < 1.29 is 13.2 Å². The second-order valence-corrected chi connectivity index (χ2v) is 11.5. The topological polar surface area (TPSA) is 82.6 Å². The Morgan fingerprint density at radius 1 is 1.36 bits per heavy atom. The number of fused-ring (bicyclic) bond motifs is 1. The summed E-state index contributed by atoms with van der Waals surface area (Å²) < 4.78 is 27.3. The van der Waals surface area contributed by atoms with Gasteiger partial charge in [0, 0.05) is 37.0 Å². The lowest BCUT2D eigenvalue weighted by Crippen LogP contribution is -2.42. The van der Waals surface area contributed by atoms with Gasteiger partial charge >= 0.3 is 0 Å². The van der Waals surface area contributed by atoms with Crippen LogP contribution in [0.1, 0.15) is 37.3 Å². The van der Waals surface area contributed by atoms with Gasteiger partial charge in [-0.05, 0) is 38.1 Å². The molecule has 4 heterocycles. The van der Waals surface area contributed by atoms with Gasteiger partial charge in [-0.25, -0.2) is 13.4 Å². The Bertz CT molecular complexity index is 953. The first-order valence-electron chi connectivity index (χ1n) is 9.45. The van der Waals surface area contributed by atoms with E-state index in [1.165, 1.54) is 31.9 Å². The normalized spacial score (nSPS) is 21.2. The number of aromatic nitrogens is 1. The fourth-order valence-corrected chi connectivity index (χ4v) is 7.53. The zero-order valence-corrected chi connectivity index (χ0v) is 18.4. The minimum Gasteiger partial charge on any atom is -0.301 e. The summed E-state index contributed by atoms with van der Waals surface area (Å²) in [6.07, 6.45) is 2.09. The van der Waals surface area contributed by atoms with Gasteiger partial charge in [0.15, 0.2) is 5.13 Å². The molecule has 2 aliphatic heterocycles. The summed E-state index contributed by atoms with van der Waals surface area (Å²) >= 11 is 2.68. The minimum absolute atomic E-state index is 0.283. The van der Waals surface area contributed by atoms with Crippen molar-refractivity contribution in [2.75, 3.05) is 18.4 Å². The maximum Gasteiger partial charge on any atom is 0.253 e. The fraction of sp³-hybridized carbons (Fsp3) is 0.556. The predicted octanol–water partition coefficient (Wildman–Crippen LogP) is 2.76. The summed E-state index contributed by atoms with van der Waals surface area (Å²) in [7, 11) is -3.63. The molecule has 1 amide bonds. The molecule has 1 N–H and O–H groups in total. The fourth-order valence-electron chi connectivity index (χ4n) is 3.71. The number of hydrogen-bond donors (Lipinski definition) is 1. The number of nitrogens with zero attached hydrogens (tertiary/aromatic N) is 3. The molecular formula is C18H24N4O3S3. The SMILES string of the molecule is CC(C)N1CCc2nc(NC(=O)C3CCCN3S(=O)(=O)c3cccs3)sc2C1. The number of amides is 1. The summed E-state index contributed by atoms with van der Waals surface area (Å²) in [5, 5.41) is 5.18. The van der Waals surface area contributed by atoms with E-state index in [4.69, 9.17) is 0 Å². The van der Waals surface area contributed by atoms with Crippen LogP contribution in [0.15, 0.2) is 21.7 Å². The summed E-state index contributed by atoms with van der Waals surface area (Å²) in [4.78, 5) is 21.0. The molecule has 2 aromatic heterocycles. The molecule has 1 unspecified atom stereocenters. The molecule has 1 saturated heterocycles. The van der Waals surface area contributed by atoms with E-state index in [9.17, 15) is 13.2 Å². The Morgan fingerprint density at radius 3 is 2.89 bits per heavy atom. The molecule has 0 spiro atoms. The van der Waals surface area contributed by atoms with Gasteiger partial charge in [-0.2, -0.15) is 4.31 Å². The molecule has 0 bridgehead atoms. The molecule has 7 nitrogen and oxygen atoms in total. The van der Waals surface area contributed by atoms with Crippen LogP contribution < -0.4 is 5.32 Å². The van der Waals surface area contributed by atoms with Crippen LogP contribution in [-0.4, -0.2) is 53.7 Å². The quantitative estimate of drug-likeness (QED) is 0.773. The van der Waals surface area contributed by atoms with E-state index in [0.717, 1.165) is 25.2 Å². The Hall–Kier alpha value is -1.33. The molecule has 2 aromatic rings. The van der Waals surface area contributed by atoms with Gasteiger partial charge < -0.3 is 5.32 Å². The van der Waals surface area contributed by atoms with Crippen LogP contribution in [0, 0.1) is 0 Å². The number of nitrogens with one attached hydrogen (secondary N) is 1. The minimum atomic E-state index is -3.63. The zero-order valence-electron chi connectivity index (χ0n) is 15.9. The highest BCUT2D eigenvalue weighted by molar-refractivity contribution is 7.91. The number of rotatable bonds is 5. The molecule has 1 atom stereocenters.